The van der Waals surface area contributed by atoms with Crippen LogP contribution in [0.5, 0.6) is 0 Å². The second kappa shape index (κ2) is 5.25. The Bertz CT molecular complexity index is 158. The van der Waals surface area contributed by atoms with Crippen LogP contribution in [0.2, 0.25) is 0 Å². The lowest BCUT2D eigenvalue weighted by molar-refractivity contribution is -0.125. The molecule has 1 amide bonds. The van der Waals surface area contributed by atoms with E-state index in [9.17, 15) is 4.79 Å². The van der Waals surface area contributed by atoms with Crippen molar-refractivity contribution in [1.82, 2.24) is 5.32 Å². The van der Waals surface area contributed by atoms with Crippen LogP contribution in [0, 0.1) is 11.3 Å². The van der Waals surface area contributed by atoms with Crippen LogP contribution in [0.3, 0.4) is 0 Å². The first-order valence-corrected chi connectivity index (χ1v) is 5.18. The summed E-state index contributed by atoms with van der Waals surface area (Å²) >= 11 is 0. The minimum absolute atomic E-state index is 0.181. The first-order chi connectivity index (χ1) is 5.90. The number of carbonyl (C=O) groups excluding carboxylic acids is 1. The van der Waals surface area contributed by atoms with Crippen LogP contribution in [0.4, 0.5) is 0 Å². The summed E-state index contributed by atoms with van der Waals surface area (Å²) in [7, 11) is 0. The summed E-state index contributed by atoms with van der Waals surface area (Å²) < 4.78 is 0. The fourth-order valence-corrected chi connectivity index (χ4v) is 1.48. The van der Waals surface area contributed by atoms with Gasteiger partial charge in [-0.2, -0.15) is 0 Å². The zero-order valence-electron chi connectivity index (χ0n) is 9.61. The number of nitrogens with one attached hydrogen (secondary N) is 1. The van der Waals surface area contributed by atoms with Gasteiger partial charge in [0.25, 0.3) is 0 Å². The van der Waals surface area contributed by atoms with E-state index >= 15 is 0 Å². The van der Waals surface area contributed by atoms with Crippen LogP contribution in [-0.2, 0) is 4.79 Å². The number of hydrogen-bond acceptors (Lipinski definition) is 1. The van der Waals surface area contributed by atoms with E-state index in [4.69, 9.17) is 0 Å². The third kappa shape index (κ3) is 5.67. The van der Waals surface area contributed by atoms with Crippen molar-refractivity contribution in [3.63, 3.8) is 0 Å². The maximum Gasteiger partial charge on any atom is 0.223 e. The molecule has 0 aromatic rings. The molecule has 0 fully saturated rings. The van der Waals surface area contributed by atoms with Crippen molar-refractivity contribution in [3.05, 3.63) is 0 Å². The molecule has 0 aliphatic carbocycles. The minimum Gasteiger partial charge on any atom is -0.356 e. The van der Waals surface area contributed by atoms with Gasteiger partial charge in [-0.1, -0.05) is 27.7 Å². The van der Waals surface area contributed by atoms with E-state index in [1.807, 2.05) is 6.92 Å². The second-order valence-electron chi connectivity index (χ2n) is 4.76. The van der Waals surface area contributed by atoms with Gasteiger partial charge in [0, 0.05) is 12.5 Å². The van der Waals surface area contributed by atoms with Gasteiger partial charge in [0.15, 0.2) is 0 Å². The maximum atomic E-state index is 11.5. The summed E-state index contributed by atoms with van der Waals surface area (Å²) in [6.45, 7) is 11.3. The molecule has 0 spiro atoms. The third-order valence-electron chi connectivity index (χ3n) is 2.07. The number of carbonyl (C=O) groups is 1. The largest absolute Gasteiger partial charge is 0.356 e. The Morgan fingerprint density at radius 3 is 2.15 bits per heavy atom. The molecule has 1 atom stereocenters. The van der Waals surface area contributed by atoms with E-state index in [-0.39, 0.29) is 17.2 Å². The summed E-state index contributed by atoms with van der Waals surface area (Å²) in [4.78, 5) is 11.5. The van der Waals surface area contributed by atoms with Crippen molar-refractivity contribution < 1.29 is 4.79 Å². The molecule has 2 heteroatoms. The molecule has 1 N–H and O–H groups in total. The van der Waals surface area contributed by atoms with Crippen molar-refractivity contribution in [1.29, 1.82) is 0 Å². The van der Waals surface area contributed by atoms with Crippen molar-refractivity contribution in [2.75, 3.05) is 6.54 Å². The highest BCUT2D eigenvalue weighted by Crippen LogP contribution is 2.26. The summed E-state index contributed by atoms with van der Waals surface area (Å²) in [6.07, 6.45) is 1.90. The van der Waals surface area contributed by atoms with Crippen LogP contribution >= 0.6 is 0 Å². The van der Waals surface area contributed by atoms with Gasteiger partial charge in [0.05, 0.1) is 0 Å². The average molecular weight is 185 g/mol. The Hall–Kier alpha value is -0.530. The van der Waals surface area contributed by atoms with Crippen LogP contribution in [0.15, 0.2) is 0 Å². The molecule has 0 rings (SSSR count). The molecule has 0 heterocycles. The lowest BCUT2D eigenvalue weighted by Crippen LogP contribution is -2.32. The quantitative estimate of drug-likeness (QED) is 0.716. The van der Waals surface area contributed by atoms with Crippen LogP contribution in [0.25, 0.3) is 0 Å². The lowest BCUT2D eigenvalue weighted by Gasteiger charge is -2.24. The predicted octanol–water partition coefficient (Wildman–Crippen LogP) is 2.58. The molecular formula is C11H23NO. The second-order valence-corrected chi connectivity index (χ2v) is 4.76. The van der Waals surface area contributed by atoms with Crippen molar-refractivity contribution in [3.8, 4) is 0 Å². The summed E-state index contributed by atoms with van der Waals surface area (Å²) in [5, 5.41) is 2.88. The summed E-state index contributed by atoms with van der Waals surface area (Å²) in [5.41, 5.74) is 0.242. The van der Waals surface area contributed by atoms with Gasteiger partial charge in [0.2, 0.25) is 5.91 Å². The molecule has 1 unspecified atom stereocenters. The standard InChI is InChI=1S/C11H23NO/c1-6-9(8-11(3,4)5)10(13)12-7-2/h9H,6-8H2,1-5H3,(H,12,13). The zero-order valence-corrected chi connectivity index (χ0v) is 9.61. The average Bonchev–Trinajstić information content (AvgIpc) is 1.99. The van der Waals surface area contributed by atoms with Gasteiger partial charge < -0.3 is 5.32 Å². The maximum absolute atomic E-state index is 11.5. The molecule has 0 aromatic heterocycles. The highest BCUT2D eigenvalue weighted by Gasteiger charge is 2.22. The molecular weight excluding hydrogens is 162 g/mol. The molecule has 0 radical (unpaired) electrons. The summed E-state index contributed by atoms with van der Waals surface area (Å²) in [6, 6.07) is 0. The molecule has 2 nitrogen and oxygen atoms in total. The van der Waals surface area contributed by atoms with Crippen LogP contribution in [-0.4, -0.2) is 12.5 Å². The Morgan fingerprint density at radius 1 is 1.31 bits per heavy atom. The van der Waals surface area contributed by atoms with Gasteiger partial charge in [0.1, 0.15) is 0 Å². The van der Waals surface area contributed by atoms with Crippen molar-refractivity contribution >= 4 is 5.91 Å². The molecule has 0 saturated heterocycles. The van der Waals surface area contributed by atoms with Gasteiger partial charge in [-0.25, -0.2) is 0 Å². The molecule has 0 aliphatic heterocycles. The van der Waals surface area contributed by atoms with E-state index < -0.39 is 0 Å². The minimum atomic E-state index is 0.181. The van der Waals surface area contributed by atoms with Crippen LogP contribution < -0.4 is 5.32 Å². The topological polar surface area (TPSA) is 29.1 Å². The van der Waals surface area contributed by atoms with E-state index in [0.29, 0.717) is 0 Å². The normalized spacial score (nSPS) is 13.9. The Balaban J connectivity index is 4.10. The molecule has 78 valence electrons. The molecule has 0 bridgehead atoms. The monoisotopic (exact) mass is 185 g/mol. The fourth-order valence-electron chi connectivity index (χ4n) is 1.48. The highest BCUT2D eigenvalue weighted by atomic mass is 16.1. The third-order valence-corrected chi connectivity index (χ3v) is 2.07. The van der Waals surface area contributed by atoms with E-state index in [1.54, 1.807) is 0 Å². The van der Waals surface area contributed by atoms with E-state index in [2.05, 4.69) is 33.0 Å². The predicted molar refractivity (Wildman–Crippen MR) is 56.5 cm³/mol. The van der Waals surface area contributed by atoms with E-state index in [0.717, 1.165) is 19.4 Å². The summed E-state index contributed by atoms with van der Waals surface area (Å²) in [5.74, 6) is 0.389. The van der Waals surface area contributed by atoms with Crippen LogP contribution in [0.1, 0.15) is 47.5 Å². The Morgan fingerprint density at radius 2 is 1.85 bits per heavy atom. The number of rotatable bonds is 4. The highest BCUT2D eigenvalue weighted by molar-refractivity contribution is 5.78. The number of amides is 1. The first-order valence-electron chi connectivity index (χ1n) is 5.18. The van der Waals surface area contributed by atoms with Crippen molar-refractivity contribution in [2.45, 2.75) is 47.5 Å². The molecule has 13 heavy (non-hydrogen) atoms. The molecule has 0 aliphatic rings. The lowest BCUT2D eigenvalue weighted by atomic mass is 9.83. The molecule has 0 aromatic carbocycles. The van der Waals surface area contributed by atoms with Gasteiger partial charge in [-0.15, -0.1) is 0 Å². The SMILES string of the molecule is CCNC(=O)C(CC)CC(C)(C)C. The zero-order chi connectivity index (χ0) is 10.5. The Kier molecular flexibility index (Phi) is 5.04. The van der Waals surface area contributed by atoms with Gasteiger partial charge >= 0.3 is 0 Å². The van der Waals surface area contributed by atoms with Crippen molar-refractivity contribution in [2.24, 2.45) is 11.3 Å². The first kappa shape index (κ1) is 12.5. The number of hydrogen-bond donors (Lipinski definition) is 1. The molecule has 0 saturated carbocycles. The van der Waals surface area contributed by atoms with Gasteiger partial charge in [-0.05, 0) is 25.2 Å². The smallest absolute Gasteiger partial charge is 0.223 e. The van der Waals surface area contributed by atoms with Gasteiger partial charge in [-0.3, -0.25) is 4.79 Å². The fraction of sp³-hybridized carbons (Fsp3) is 0.909. The van der Waals surface area contributed by atoms with E-state index in [1.165, 1.54) is 0 Å². The Labute approximate surface area is 82.1 Å².